The van der Waals surface area contributed by atoms with Crippen LogP contribution in [0.2, 0.25) is 0 Å². The molecule has 22 heavy (non-hydrogen) atoms. The summed E-state index contributed by atoms with van der Waals surface area (Å²) in [6.07, 6.45) is 6.58. The standard InChI is InChI=1S/C19H28N2O/c1-14(2)17-9-5-6-10-18(17)20-19(22)21-12-11-15-7-3-4-8-16(15)13-21/h5-6,9-10,14-16H,3-4,7-8,11-13H2,1-2H3,(H,20,22)/t15-,16-/m1/s1. The molecule has 0 bridgehead atoms. The molecule has 0 aromatic heterocycles. The molecule has 1 aromatic carbocycles. The Labute approximate surface area is 134 Å². The van der Waals surface area contributed by atoms with E-state index in [1.165, 1.54) is 37.7 Å². The molecular weight excluding hydrogens is 272 g/mol. The van der Waals surface area contributed by atoms with Gasteiger partial charge >= 0.3 is 6.03 Å². The zero-order valence-corrected chi connectivity index (χ0v) is 13.8. The van der Waals surface area contributed by atoms with Crippen molar-refractivity contribution in [2.45, 2.75) is 51.9 Å². The first kappa shape index (κ1) is 15.4. The fraction of sp³-hybridized carbons (Fsp3) is 0.632. The number of hydrogen-bond acceptors (Lipinski definition) is 1. The highest BCUT2D eigenvalue weighted by atomic mass is 16.2. The van der Waals surface area contributed by atoms with E-state index in [0.717, 1.165) is 30.6 Å². The summed E-state index contributed by atoms with van der Waals surface area (Å²) in [6, 6.07) is 8.24. The van der Waals surface area contributed by atoms with Crippen molar-refractivity contribution < 1.29 is 4.79 Å². The van der Waals surface area contributed by atoms with Crippen molar-refractivity contribution >= 4 is 11.7 Å². The third kappa shape index (κ3) is 3.29. The van der Waals surface area contributed by atoms with Gasteiger partial charge in [-0.15, -0.1) is 0 Å². The highest BCUT2D eigenvalue weighted by molar-refractivity contribution is 5.90. The molecule has 0 radical (unpaired) electrons. The first-order valence-electron chi connectivity index (χ1n) is 8.80. The Balaban J connectivity index is 1.65. The second-order valence-corrected chi connectivity index (χ2v) is 7.21. The van der Waals surface area contributed by atoms with Crippen LogP contribution >= 0.6 is 0 Å². The van der Waals surface area contributed by atoms with Crippen LogP contribution in [0.3, 0.4) is 0 Å². The van der Waals surface area contributed by atoms with Crippen LogP contribution in [-0.2, 0) is 0 Å². The summed E-state index contributed by atoms with van der Waals surface area (Å²) >= 11 is 0. The van der Waals surface area contributed by atoms with Crippen LogP contribution in [0.25, 0.3) is 0 Å². The van der Waals surface area contributed by atoms with Gasteiger partial charge in [-0.05, 0) is 42.2 Å². The van der Waals surface area contributed by atoms with Crippen molar-refractivity contribution in [3.8, 4) is 0 Å². The number of urea groups is 1. The molecule has 2 aliphatic rings. The smallest absolute Gasteiger partial charge is 0.321 e. The van der Waals surface area contributed by atoms with Gasteiger partial charge in [-0.2, -0.15) is 0 Å². The monoisotopic (exact) mass is 300 g/mol. The van der Waals surface area contributed by atoms with Crippen LogP contribution < -0.4 is 5.32 Å². The number of para-hydroxylation sites is 1. The molecule has 1 saturated carbocycles. The van der Waals surface area contributed by atoms with E-state index in [1.54, 1.807) is 0 Å². The maximum absolute atomic E-state index is 12.6. The van der Waals surface area contributed by atoms with E-state index < -0.39 is 0 Å². The van der Waals surface area contributed by atoms with Crippen molar-refractivity contribution in [3.05, 3.63) is 29.8 Å². The van der Waals surface area contributed by atoms with Gasteiger partial charge in [-0.1, -0.05) is 51.3 Å². The van der Waals surface area contributed by atoms with Crippen LogP contribution in [0.5, 0.6) is 0 Å². The van der Waals surface area contributed by atoms with Gasteiger partial charge in [-0.25, -0.2) is 4.79 Å². The number of carbonyl (C=O) groups excluding carboxylic acids is 1. The van der Waals surface area contributed by atoms with Gasteiger partial charge in [-0.3, -0.25) is 0 Å². The summed E-state index contributed by atoms with van der Waals surface area (Å²) < 4.78 is 0. The molecule has 3 heteroatoms. The first-order chi connectivity index (χ1) is 10.6. The van der Waals surface area contributed by atoms with Gasteiger partial charge in [0, 0.05) is 18.8 Å². The van der Waals surface area contributed by atoms with E-state index in [-0.39, 0.29) is 6.03 Å². The van der Waals surface area contributed by atoms with Crippen LogP contribution in [0.4, 0.5) is 10.5 Å². The van der Waals surface area contributed by atoms with Gasteiger partial charge < -0.3 is 10.2 Å². The summed E-state index contributed by atoms with van der Waals surface area (Å²) in [6.45, 7) is 6.19. The molecule has 1 aliphatic carbocycles. The molecular formula is C19H28N2O. The highest BCUT2D eigenvalue weighted by Crippen LogP contribution is 2.36. The number of rotatable bonds is 2. The van der Waals surface area contributed by atoms with E-state index in [0.29, 0.717) is 5.92 Å². The molecule has 3 nitrogen and oxygen atoms in total. The van der Waals surface area contributed by atoms with Crippen LogP contribution in [0.15, 0.2) is 24.3 Å². The van der Waals surface area contributed by atoms with Gasteiger partial charge in [0.2, 0.25) is 0 Å². The fourth-order valence-electron chi connectivity index (χ4n) is 4.09. The molecule has 2 fully saturated rings. The average Bonchev–Trinajstić information content (AvgIpc) is 2.54. The zero-order chi connectivity index (χ0) is 15.5. The molecule has 1 saturated heterocycles. The number of nitrogens with zero attached hydrogens (tertiary/aromatic N) is 1. The number of fused-ring (bicyclic) bond motifs is 1. The summed E-state index contributed by atoms with van der Waals surface area (Å²) in [5.74, 6) is 2.01. The van der Waals surface area contributed by atoms with Crippen molar-refractivity contribution in [2.75, 3.05) is 18.4 Å². The normalized spacial score (nSPS) is 25.0. The van der Waals surface area contributed by atoms with E-state index in [9.17, 15) is 4.79 Å². The molecule has 0 spiro atoms. The minimum absolute atomic E-state index is 0.0807. The number of amides is 2. The largest absolute Gasteiger partial charge is 0.324 e. The predicted octanol–water partition coefficient (Wildman–Crippen LogP) is 4.85. The van der Waals surface area contributed by atoms with Crippen molar-refractivity contribution in [2.24, 2.45) is 11.8 Å². The topological polar surface area (TPSA) is 32.3 Å². The lowest BCUT2D eigenvalue weighted by Gasteiger charge is -2.41. The van der Waals surface area contributed by atoms with Crippen LogP contribution in [-0.4, -0.2) is 24.0 Å². The van der Waals surface area contributed by atoms with Gasteiger partial charge in [0.25, 0.3) is 0 Å². The molecule has 1 N–H and O–H groups in total. The van der Waals surface area contributed by atoms with Gasteiger partial charge in [0.05, 0.1) is 0 Å². The van der Waals surface area contributed by atoms with E-state index >= 15 is 0 Å². The maximum atomic E-state index is 12.6. The maximum Gasteiger partial charge on any atom is 0.321 e. The summed E-state index contributed by atoms with van der Waals surface area (Å²) in [5, 5.41) is 3.14. The van der Waals surface area contributed by atoms with Crippen molar-refractivity contribution in [3.63, 3.8) is 0 Å². The number of anilines is 1. The number of carbonyl (C=O) groups is 1. The number of likely N-dealkylation sites (tertiary alicyclic amines) is 1. The lowest BCUT2D eigenvalue weighted by atomic mass is 9.75. The Hall–Kier alpha value is -1.51. The quantitative estimate of drug-likeness (QED) is 0.831. The zero-order valence-electron chi connectivity index (χ0n) is 13.8. The molecule has 120 valence electrons. The summed E-state index contributed by atoms with van der Waals surface area (Å²) in [5.41, 5.74) is 2.18. The summed E-state index contributed by atoms with van der Waals surface area (Å²) in [7, 11) is 0. The molecule has 2 amide bonds. The SMILES string of the molecule is CC(C)c1ccccc1NC(=O)N1CC[C@H]2CCCC[C@@H]2C1. The second kappa shape index (κ2) is 6.72. The Morgan fingerprint density at radius 1 is 1.14 bits per heavy atom. The Kier molecular flexibility index (Phi) is 4.70. The Morgan fingerprint density at radius 2 is 1.86 bits per heavy atom. The lowest BCUT2D eigenvalue weighted by Crippen LogP contribution is -2.46. The molecule has 1 aliphatic heterocycles. The molecule has 3 rings (SSSR count). The first-order valence-corrected chi connectivity index (χ1v) is 8.80. The summed E-state index contributed by atoms with van der Waals surface area (Å²) in [4.78, 5) is 14.7. The van der Waals surface area contributed by atoms with Gasteiger partial charge in [0.1, 0.15) is 0 Å². The van der Waals surface area contributed by atoms with E-state index in [2.05, 4.69) is 25.2 Å². The van der Waals surface area contributed by atoms with E-state index in [1.807, 2.05) is 23.1 Å². The fourth-order valence-corrected chi connectivity index (χ4v) is 4.09. The Bertz CT molecular complexity index is 526. The molecule has 0 unspecified atom stereocenters. The van der Waals surface area contributed by atoms with Crippen molar-refractivity contribution in [1.82, 2.24) is 4.90 Å². The number of hydrogen-bond donors (Lipinski definition) is 1. The minimum atomic E-state index is 0.0807. The minimum Gasteiger partial charge on any atom is -0.324 e. The van der Waals surface area contributed by atoms with E-state index in [4.69, 9.17) is 0 Å². The van der Waals surface area contributed by atoms with Crippen LogP contribution in [0.1, 0.15) is 57.4 Å². The van der Waals surface area contributed by atoms with Crippen molar-refractivity contribution in [1.29, 1.82) is 0 Å². The number of piperidine rings is 1. The van der Waals surface area contributed by atoms with Gasteiger partial charge in [0.15, 0.2) is 0 Å². The molecule has 2 atom stereocenters. The number of nitrogens with one attached hydrogen (secondary N) is 1. The highest BCUT2D eigenvalue weighted by Gasteiger charge is 2.33. The lowest BCUT2D eigenvalue weighted by molar-refractivity contribution is 0.108. The predicted molar refractivity (Wildman–Crippen MR) is 91.2 cm³/mol. The van der Waals surface area contributed by atoms with Crippen LogP contribution in [0, 0.1) is 11.8 Å². The third-order valence-electron chi connectivity index (χ3n) is 5.40. The molecule has 1 heterocycles. The third-order valence-corrected chi connectivity index (χ3v) is 5.40. The Morgan fingerprint density at radius 3 is 2.64 bits per heavy atom. The number of benzene rings is 1. The average molecular weight is 300 g/mol. The second-order valence-electron chi connectivity index (χ2n) is 7.21. The molecule has 1 aromatic rings.